The zero-order valence-electron chi connectivity index (χ0n) is 8.24. The number of rotatable bonds is 1. The van der Waals surface area contributed by atoms with Gasteiger partial charge in [0.05, 0.1) is 5.69 Å². The van der Waals surface area contributed by atoms with E-state index < -0.39 is 0 Å². The van der Waals surface area contributed by atoms with Crippen LogP contribution in [0.15, 0.2) is 30.6 Å². The molecule has 0 radical (unpaired) electrons. The Hall–Kier alpha value is -1.61. The van der Waals surface area contributed by atoms with E-state index in [1.807, 2.05) is 31.2 Å². The Morgan fingerprint density at radius 1 is 1.13 bits per heavy atom. The van der Waals surface area contributed by atoms with Gasteiger partial charge in [0.15, 0.2) is 0 Å². The van der Waals surface area contributed by atoms with E-state index in [-0.39, 0.29) is 0 Å². The molecule has 1 heterocycles. The van der Waals surface area contributed by atoms with Crippen molar-refractivity contribution in [3.05, 3.63) is 41.2 Å². The second-order valence-electron chi connectivity index (χ2n) is 3.29. The topological polar surface area (TPSA) is 51.8 Å². The number of hydrogen-bond donors (Lipinski definition) is 1. The summed E-state index contributed by atoms with van der Waals surface area (Å²) in [7, 11) is 0. The molecule has 0 amide bonds. The molecule has 0 fully saturated rings. The Bertz CT molecular complexity index is 480. The predicted molar refractivity (Wildman–Crippen MR) is 61.6 cm³/mol. The van der Waals surface area contributed by atoms with Crippen LogP contribution in [0.1, 0.15) is 5.56 Å². The summed E-state index contributed by atoms with van der Waals surface area (Å²) in [6.07, 6.45) is 1.41. The fourth-order valence-corrected chi connectivity index (χ4v) is 1.50. The zero-order valence-corrected chi connectivity index (χ0v) is 8.99. The Kier molecular flexibility index (Phi) is 2.56. The van der Waals surface area contributed by atoms with E-state index in [1.54, 1.807) is 0 Å². The molecule has 0 spiro atoms. The summed E-state index contributed by atoms with van der Waals surface area (Å²) in [5.74, 6) is 0.308. The monoisotopic (exact) mass is 219 g/mol. The minimum absolute atomic E-state index is 0.308. The van der Waals surface area contributed by atoms with Crippen molar-refractivity contribution in [1.29, 1.82) is 0 Å². The average Bonchev–Trinajstić information content (AvgIpc) is 2.24. The van der Waals surface area contributed by atoms with Gasteiger partial charge in [-0.1, -0.05) is 41.4 Å². The quantitative estimate of drug-likeness (QED) is 0.802. The Labute approximate surface area is 92.9 Å². The largest absolute Gasteiger partial charge is 0.382 e. The number of benzene rings is 1. The van der Waals surface area contributed by atoms with Gasteiger partial charge in [0.25, 0.3) is 0 Å². The van der Waals surface area contributed by atoms with Gasteiger partial charge in [-0.3, -0.25) is 0 Å². The van der Waals surface area contributed by atoms with E-state index in [4.69, 9.17) is 17.3 Å². The second kappa shape index (κ2) is 3.87. The normalized spacial score (nSPS) is 10.3. The second-order valence-corrected chi connectivity index (χ2v) is 3.67. The smallest absolute Gasteiger partial charge is 0.146 e. The molecule has 0 aliphatic rings. The summed E-state index contributed by atoms with van der Waals surface area (Å²) in [5.41, 5.74) is 8.41. The SMILES string of the molecule is Cc1ccc(-c2ncnc(N)c2Cl)cc1. The first kappa shape index (κ1) is 9.93. The molecule has 4 heteroatoms. The highest BCUT2D eigenvalue weighted by Crippen LogP contribution is 2.28. The van der Waals surface area contributed by atoms with Crippen molar-refractivity contribution in [2.24, 2.45) is 0 Å². The molecule has 1 aromatic heterocycles. The Morgan fingerprint density at radius 2 is 1.80 bits per heavy atom. The average molecular weight is 220 g/mol. The van der Waals surface area contributed by atoms with Crippen molar-refractivity contribution in [2.75, 3.05) is 5.73 Å². The summed E-state index contributed by atoms with van der Waals surface area (Å²) in [5, 5.41) is 0.404. The van der Waals surface area contributed by atoms with Gasteiger partial charge in [0.1, 0.15) is 17.2 Å². The first-order valence-corrected chi connectivity index (χ1v) is 4.89. The minimum Gasteiger partial charge on any atom is -0.382 e. The van der Waals surface area contributed by atoms with Crippen molar-refractivity contribution in [1.82, 2.24) is 9.97 Å². The van der Waals surface area contributed by atoms with E-state index in [1.165, 1.54) is 11.9 Å². The van der Waals surface area contributed by atoms with Crippen molar-refractivity contribution < 1.29 is 0 Å². The van der Waals surface area contributed by atoms with Gasteiger partial charge in [-0.2, -0.15) is 0 Å². The van der Waals surface area contributed by atoms with E-state index in [0.29, 0.717) is 16.5 Å². The molecular formula is C11H10ClN3. The lowest BCUT2D eigenvalue weighted by molar-refractivity contribution is 1.18. The number of anilines is 1. The van der Waals surface area contributed by atoms with Crippen LogP contribution in [0, 0.1) is 6.92 Å². The fourth-order valence-electron chi connectivity index (χ4n) is 1.30. The molecule has 0 saturated heterocycles. The molecule has 1 aromatic carbocycles. The summed E-state index contributed by atoms with van der Waals surface area (Å²) in [6, 6.07) is 7.93. The molecule has 15 heavy (non-hydrogen) atoms. The Morgan fingerprint density at radius 3 is 2.47 bits per heavy atom. The lowest BCUT2D eigenvalue weighted by Gasteiger charge is -2.04. The van der Waals surface area contributed by atoms with E-state index >= 15 is 0 Å². The maximum absolute atomic E-state index is 6.02. The maximum atomic E-state index is 6.02. The van der Waals surface area contributed by atoms with Crippen molar-refractivity contribution in [3.8, 4) is 11.3 Å². The molecule has 2 aromatic rings. The summed E-state index contributed by atoms with van der Waals surface area (Å²) < 4.78 is 0. The molecule has 3 nitrogen and oxygen atoms in total. The highest BCUT2D eigenvalue weighted by atomic mass is 35.5. The van der Waals surface area contributed by atoms with Crippen molar-refractivity contribution in [2.45, 2.75) is 6.92 Å². The van der Waals surface area contributed by atoms with E-state index in [9.17, 15) is 0 Å². The van der Waals surface area contributed by atoms with Crippen LogP contribution in [0.25, 0.3) is 11.3 Å². The van der Waals surface area contributed by atoms with Crippen LogP contribution < -0.4 is 5.73 Å². The third-order valence-corrected chi connectivity index (χ3v) is 2.51. The lowest BCUT2D eigenvalue weighted by Crippen LogP contribution is -1.95. The van der Waals surface area contributed by atoms with Crippen LogP contribution in [-0.4, -0.2) is 9.97 Å². The van der Waals surface area contributed by atoms with Gasteiger partial charge in [-0.05, 0) is 6.92 Å². The summed E-state index contributed by atoms with van der Waals surface area (Å²) in [4.78, 5) is 7.93. The number of aromatic nitrogens is 2. The molecule has 2 rings (SSSR count). The molecule has 0 bridgehead atoms. The minimum atomic E-state index is 0.308. The standard InChI is InChI=1S/C11H10ClN3/c1-7-2-4-8(5-3-7)10-9(12)11(13)15-6-14-10/h2-6H,1H3,(H2,13,14,15). The van der Waals surface area contributed by atoms with E-state index in [0.717, 1.165) is 5.56 Å². The first-order chi connectivity index (χ1) is 7.18. The van der Waals surface area contributed by atoms with Crippen LogP contribution in [0.3, 0.4) is 0 Å². The van der Waals surface area contributed by atoms with Crippen molar-refractivity contribution in [3.63, 3.8) is 0 Å². The highest BCUT2D eigenvalue weighted by molar-refractivity contribution is 6.35. The van der Waals surface area contributed by atoms with Gasteiger partial charge in [-0.25, -0.2) is 9.97 Å². The van der Waals surface area contributed by atoms with Crippen LogP contribution in [0.5, 0.6) is 0 Å². The number of hydrogen-bond acceptors (Lipinski definition) is 3. The molecule has 0 aliphatic carbocycles. The molecule has 76 valence electrons. The fraction of sp³-hybridized carbons (Fsp3) is 0.0909. The van der Waals surface area contributed by atoms with Gasteiger partial charge in [0, 0.05) is 5.56 Å². The molecule has 0 saturated carbocycles. The van der Waals surface area contributed by atoms with Gasteiger partial charge >= 0.3 is 0 Å². The number of aryl methyl sites for hydroxylation is 1. The van der Waals surface area contributed by atoms with Crippen LogP contribution >= 0.6 is 11.6 Å². The molecular weight excluding hydrogens is 210 g/mol. The number of nitrogens with zero attached hydrogens (tertiary/aromatic N) is 2. The van der Waals surface area contributed by atoms with E-state index in [2.05, 4.69) is 9.97 Å². The number of halogens is 1. The zero-order chi connectivity index (χ0) is 10.8. The third-order valence-electron chi connectivity index (χ3n) is 2.14. The summed E-state index contributed by atoms with van der Waals surface area (Å²) >= 11 is 6.02. The first-order valence-electron chi connectivity index (χ1n) is 4.51. The van der Waals surface area contributed by atoms with Crippen LogP contribution in [0.2, 0.25) is 5.02 Å². The maximum Gasteiger partial charge on any atom is 0.146 e. The van der Waals surface area contributed by atoms with Gasteiger partial charge in [-0.15, -0.1) is 0 Å². The number of nitrogens with two attached hydrogens (primary N) is 1. The summed E-state index contributed by atoms with van der Waals surface area (Å²) in [6.45, 7) is 2.03. The highest BCUT2D eigenvalue weighted by Gasteiger charge is 2.07. The lowest BCUT2D eigenvalue weighted by atomic mass is 10.1. The van der Waals surface area contributed by atoms with Crippen LogP contribution in [0.4, 0.5) is 5.82 Å². The van der Waals surface area contributed by atoms with Gasteiger partial charge < -0.3 is 5.73 Å². The Balaban J connectivity index is 2.54. The predicted octanol–water partition coefficient (Wildman–Crippen LogP) is 2.69. The molecule has 0 atom stereocenters. The molecule has 0 unspecified atom stereocenters. The van der Waals surface area contributed by atoms with Gasteiger partial charge in [0.2, 0.25) is 0 Å². The third kappa shape index (κ3) is 1.92. The molecule has 0 aliphatic heterocycles. The van der Waals surface area contributed by atoms with Crippen molar-refractivity contribution >= 4 is 17.4 Å². The molecule has 2 N–H and O–H groups in total. The number of nitrogen functional groups attached to an aromatic ring is 1. The van der Waals surface area contributed by atoms with Crippen LogP contribution in [-0.2, 0) is 0 Å².